The Morgan fingerprint density at radius 1 is 1.30 bits per heavy atom. The number of carbonyl (C=O) groups is 1. The van der Waals surface area contributed by atoms with Gasteiger partial charge in [0.05, 0.1) is 16.1 Å². The molecular weight excluding hydrogens is 311 g/mol. The fourth-order valence-corrected chi connectivity index (χ4v) is 3.58. The summed E-state index contributed by atoms with van der Waals surface area (Å²) >= 11 is 1.42. The first kappa shape index (κ1) is 14.3. The van der Waals surface area contributed by atoms with Gasteiger partial charge < -0.3 is 5.32 Å². The second kappa shape index (κ2) is 5.42. The van der Waals surface area contributed by atoms with Gasteiger partial charge in [0, 0.05) is 0 Å². The molecule has 1 fully saturated rings. The summed E-state index contributed by atoms with van der Waals surface area (Å²) in [5.41, 5.74) is 4.37. The van der Waals surface area contributed by atoms with Gasteiger partial charge in [-0.05, 0) is 42.2 Å². The van der Waals surface area contributed by atoms with Gasteiger partial charge in [-0.1, -0.05) is 41.7 Å². The van der Waals surface area contributed by atoms with E-state index in [1.165, 1.54) is 22.5 Å². The topological polar surface area (TPSA) is 42.0 Å². The van der Waals surface area contributed by atoms with Gasteiger partial charge in [0.25, 0.3) is 0 Å². The molecule has 0 saturated heterocycles. The highest BCUT2D eigenvalue weighted by molar-refractivity contribution is 7.22. The number of rotatable bonds is 3. The molecule has 0 spiro atoms. The minimum atomic E-state index is -0.989. The first-order valence-corrected chi connectivity index (χ1v) is 8.35. The Labute approximate surface area is 137 Å². The van der Waals surface area contributed by atoms with Crippen molar-refractivity contribution in [2.24, 2.45) is 5.92 Å². The third-order valence-corrected chi connectivity index (χ3v) is 5.06. The predicted octanol–water partition coefficient (Wildman–Crippen LogP) is 4.57. The summed E-state index contributed by atoms with van der Waals surface area (Å²) in [6.07, 6.45) is -0.661. The lowest BCUT2D eigenvalue weighted by atomic mass is 10.0. The molecule has 1 saturated carbocycles. The van der Waals surface area contributed by atoms with Crippen molar-refractivity contribution in [3.63, 3.8) is 0 Å². The van der Waals surface area contributed by atoms with Gasteiger partial charge in [-0.25, -0.2) is 9.37 Å². The fraction of sp³-hybridized carbons (Fsp3) is 0.222. The molecule has 0 aliphatic heterocycles. The number of aromatic nitrogens is 1. The van der Waals surface area contributed by atoms with Gasteiger partial charge in [-0.15, -0.1) is 0 Å². The maximum absolute atomic E-state index is 12.9. The molecule has 1 amide bonds. The smallest absolute Gasteiger partial charge is 0.232 e. The Kier molecular flexibility index (Phi) is 3.38. The highest BCUT2D eigenvalue weighted by Gasteiger charge is 2.43. The molecule has 3 aromatic rings. The number of fused-ring (bicyclic) bond motifs is 1. The number of anilines is 1. The molecule has 1 aliphatic rings. The van der Waals surface area contributed by atoms with E-state index in [4.69, 9.17) is 0 Å². The van der Waals surface area contributed by atoms with Crippen LogP contribution in [0.3, 0.4) is 0 Å². The molecule has 1 N–H and O–H groups in total. The van der Waals surface area contributed by atoms with Crippen molar-refractivity contribution in [2.45, 2.75) is 19.5 Å². The molecule has 116 valence electrons. The molecule has 1 aromatic heterocycles. The van der Waals surface area contributed by atoms with E-state index in [0.29, 0.717) is 11.6 Å². The first-order chi connectivity index (χ1) is 11.1. The van der Waals surface area contributed by atoms with Crippen LogP contribution in [-0.4, -0.2) is 17.1 Å². The number of thiazole rings is 1. The maximum atomic E-state index is 12.9. The van der Waals surface area contributed by atoms with Crippen LogP contribution in [0.2, 0.25) is 0 Å². The predicted molar refractivity (Wildman–Crippen MR) is 91.4 cm³/mol. The van der Waals surface area contributed by atoms with Crippen LogP contribution in [0.25, 0.3) is 21.3 Å². The molecule has 4 rings (SSSR count). The lowest BCUT2D eigenvalue weighted by Gasteiger charge is -2.05. The normalized spacial score (nSPS) is 19.7. The average molecular weight is 326 g/mol. The summed E-state index contributed by atoms with van der Waals surface area (Å²) in [6.45, 7) is 2.08. The van der Waals surface area contributed by atoms with E-state index in [-0.39, 0.29) is 5.91 Å². The van der Waals surface area contributed by atoms with E-state index >= 15 is 0 Å². The molecular formula is C18H15FN2OS. The number of halogens is 1. The summed E-state index contributed by atoms with van der Waals surface area (Å²) in [6, 6.07) is 14.3. The number of benzene rings is 2. The van der Waals surface area contributed by atoms with Crippen molar-refractivity contribution >= 4 is 32.6 Å². The van der Waals surface area contributed by atoms with Crippen LogP contribution >= 0.6 is 11.3 Å². The van der Waals surface area contributed by atoms with Crippen LogP contribution < -0.4 is 5.32 Å². The second-order valence-corrected chi connectivity index (χ2v) is 6.89. The summed E-state index contributed by atoms with van der Waals surface area (Å²) in [5.74, 6) is -0.764. The second-order valence-electron chi connectivity index (χ2n) is 5.86. The Hall–Kier alpha value is -2.27. The summed E-state index contributed by atoms with van der Waals surface area (Å²) in [7, 11) is 0. The number of aryl methyl sites for hydroxylation is 1. The zero-order valence-electron chi connectivity index (χ0n) is 12.5. The van der Waals surface area contributed by atoms with Crippen molar-refractivity contribution in [2.75, 3.05) is 5.32 Å². The quantitative estimate of drug-likeness (QED) is 0.766. The van der Waals surface area contributed by atoms with E-state index in [1.54, 1.807) is 0 Å². The van der Waals surface area contributed by atoms with Crippen molar-refractivity contribution < 1.29 is 9.18 Å². The van der Waals surface area contributed by atoms with Crippen molar-refractivity contribution in [3.8, 4) is 11.1 Å². The lowest BCUT2D eigenvalue weighted by molar-refractivity contribution is -0.117. The van der Waals surface area contributed by atoms with Crippen LogP contribution in [0.5, 0.6) is 0 Å². The summed E-state index contributed by atoms with van der Waals surface area (Å²) in [5, 5.41) is 3.26. The van der Waals surface area contributed by atoms with E-state index in [1.807, 2.05) is 24.3 Å². The Morgan fingerprint density at radius 2 is 2.09 bits per heavy atom. The van der Waals surface area contributed by atoms with Crippen molar-refractivity contribution in [1.29, 1.82) is 0 Å². The van der Waals surface area contributed by atoms with Crippen LogP contribution in [-0.2, 0) is 4.79 Å². The Bertz CT molecular complexity index is 905. The summed E-state index contributed by atoms with van der Waals surface area (Å²) in [4.78, 5) is 16.2. The van der Waals surface area contributed by atoms with Gasteiger partial charge in [0.15, 0.2) is 5.13 Å². The molecule has 5 heteroatoms. The van der Waals surface area contributed by atoms with Crippen molar-refractivity contribution in [1.82, 2.24) is 4.98 Å². The molecule has 0 unspecified atom stereocenters. The maximum Gasteiger partial charge on any atom is 0.232 e. The number of alkyl halides is 1. The summed E-state index contributed by atoms with van der Waals surface area (Å²) < 4.78 is 13.9. The zero-order chi connectivity index (χ0) is 16.0. The van der Waals surface area contributed by atoms with Crippen LogP contribution in [0.1, 0.15) is 12.0 Å². The van der Waals surface area contributed by atoms with Gasteiger partial charge >= 0.3 is 0 Å². The standard InChI is InChI=1S/C18H15FN2OS/c1-10-4-2-3-5-12(10)11-6-7-15-16(8-11)23-18(20-15)21-17(22)13-9-14(13)19/h2-8,13-14H,9H2,1H3,(H,20,21,22)/t13-,14+/m1/s1. The first-order valence-electron chi connectivity index (χ1n) is 7.53. The fourth-order valence-electron chi connectivity index (χ4n) is 2.68. The minimum Gasteiger partial charge on any atom is -0.302 e. The number of nitrogens with one attached hydrogen (secondary N) is 1. The molecule has 23 heavy (non-hydrogen) atoms. The van der Waals surface area contributed by atoms with Gasteiger partial charge in [0.1, 0.15) is 6.17 Å². The molecule has 2 aromatic carbocycles. The molecule has 2 atom stereocenters. The molecule has 3 nitrogen and oxygen atoms in total. The van der Waals surface area contributed by atoms with E-state index < -0.39 is 12.1 Å². The highest BCUT2D eigenvalue weighted by atomic mass is 32.1. The number of carbonyl (C=O) groups excluding carboxylic acids is 1. The minimum absolute atomic E-state index is 0.268. The van der Waals surface area contributed by atoms with Crippen molar-refractivity contribution in [3.05, 3.63) is 48.0 Å². The van der Waals surface area contributed by atoms with Gasteiger partial charge in [-0.3, -0.25) is 4.79 Å². The number of hydrogen-bond acceptors (Lipinski definition) is 3. The monoisotopic (exact) mass is 326 g/mol. The van der Waals surface area contributed by atoms with Crippen LogP contribution in [0.15, 0.2) is 42.5 Å². The third kappa shape index (κ3) is 2.72. The van der Waals surface area contributed by atoms with Crippen LogP contribution in [0, 0.1) is 12.8 Å². The molecule has 0 radical (unpaired) electrons. The molecule has 1 aliphatic carbocycles. The molecule has 1 heterocycles. The highest BCUT2D eigenvalue weighted by Crippen LogP contribution is 2.36. The Morgan fingerprint density at radius 3 is 2.83 bits per heavy atom. The largest absolute Gasteiger partial charge is 0.302 e. The van der Waals surface area contributed by atoms with E-state index in [0.717, 1.165) is 15.8 Å². The lowest BCUT2D eigenvalue weighted by Crippen LogP contribution is -2.14. The van der Waals surface area contributed by atoms with Gasteiger partial charge in [0.2, 0.25) is 5.91 Å². The van der Waals surface area contributed by atoms with Gasteiger partial charge in [-0.2, -0.15) is 0 Å². The van der Waals surface area contributed by atoms with Crippen LogP contribution in [0.4, 0.5) is 9.52 Å². The van der Waals surface area contributed by atoms with E-state index in [9.17, 15) is 9.18 Å². The Balaban J connectivity index is 1.64. The van der Waals surface area contributed by atoms with E-state index in [2.05, 4.69) is 35.4 Å². The SMILES string of the molecule is Cc1ccccc1-c1ccc2nc(NC(=O)[C@@H]3C[C@@H]3F)sc2c1. The number of hydrogen-bond donors (Lipinski definition) is 1. The third-order valence-electron chi connectivity index (χ3n) is 4.12. The molecule has 0 bridgehead atoms. The number of amides is 1. The average Bonchev–Trinajstić information content (AvgIpc) is 3.13. The zero-order valence-corrected chi connectivity index (χ0v) is 13.4. The number of nitrogens with zero attached hydrogens (tertiary/aromatic N) is 1.